The summed E-state index contributed by atoms with van der Waals surface area (Å²) in [5.41, 5.74) is 11.1. The van der Waals surface area contributed by atoms with Gasteiger partial charge in [0, 0.05) is 41.8 Å². The lowest BCUT2D eigenvalue weighted by Crippen LogP contribution is -2.17. The van der Waals surface area contributed by atoms with E-state index in [4.69, 9.17) is 9.47 Å². The van der Waals surface area contributed by atoms with Gasteiger partial charge in [-0.2, -0.15) is 0 Å². The average molecular weight is 655 g/mol. The summed E-state index contributed by atoms with van der Waals surface area (Å²) in [6, 6.07) is 41.8. The van der Waals surface area contributed by atoms with Gasteiger partial charge in [0.1, 0.15) is 0 Å². The Bertz CT molecular complexity index is 1650. The van der Waals surface area contributed by atoms with E-state index in [2.05, 4.69) is 167 Å². The molecule has 0 aliphatic heterocycles. The number of benzene rings is 5. The minimum absolute atomic E-state index is 0.0138. The fraction of sp³-hybridized carbons (Fsp3) is 0.333. The Balaban J connectivity index is 1.61. The molecule has 0 aliphatic carbocycles. The smallest absolute Gasteiger partial charge is 0.161 e. The molecule has 0 aliphatic rings. The van der Waals surface area contributed by atoms with Crippen LogP contribution in [0.4, 0.5) is 22.7 Å². The largest absolute Gasteiger partial charge is 0.490 e. The lowest BCUT2D eigenvalue weighted by Gasteiger charge is -2.28. The van der Waals surface area contributed by atoms with Crippen LogP contribution in [0, 0.1) is 13.8 Å². The van der Waals surface area contributed by atoms with Gasteiger partial charge in [-0.3, -0.25) is 0 Å². The van der Waals surface area contributed by atoms with Crippen molar-refractivity contribution < 1.29 is 9.47 Å². The second kappa shape index (κ2) is 17.6. The second-order valence-corrected chi connectivity index (χ2v) is 12.8. The predicted octanol–water partition coefficient (Wildman–Crippen LogP) is 12.2. The van der Waals surface area contributed by atoms with Gasteiger partial charge in [-0.1, -0.05) is 81.3 Å². The van der Waals surface area contributed by atoms with Crippen LogP contribution in [-0.2, 0) is 0 Å². The molecule has 0 unspecified atom stereocenters. The molecule has 4 heteroatoms. The van der Waals surface area contributed by atoms with E-state index in [1.165, 1.54) is 50.6 Å². The summed E-state index contributed by atoms with van der Waals surface area (Å²) in [6.07, 6.45) is 4.20. The molecule has 5 aromatic carbocycles. The molecular weight excluding hydrogens is 601 g/mol. The Labute approximate surface area is 295 Å². The molecule has 0 bridgehead atoms. The normalized spacial score (nSPS) is 11.1. The summed E-state index contributed by atoms with van der Waals surface area (Å²) < 4.78 is 12.7. The molecule has 0 heterocycles. The SMILES string of the molecule is CCCCOc1ccc(C(c2ccc(N(CC)c3ccccc3)cc2C)c2ccc(N(CC)c3ccccc3)cc2C)cc1OCCCC. The van der Waals surface area contributed by atoms with Crippen LogP contribution in [0.5, 0.6) is 11.5 Å². The van der Waals surface area contributed by atoms with Gasteiger partial charge in [0.15, 0.2) is 11.5 Å². The van der Waals surface area contributed by atoms with Gasteiger partial charge in [0.05, 0.1) is 13.2 Å². The van der Waals surface area contributed by atoms with E-state index in [9.17, 15) is 0 Å². The molecule has 5 aromatic rings. The number of hydrogen-bond donors (Lipinski definition) is 0. The molecule has 0 spiro atoms. The fourth-order valence-electron chi connectivity index (χ4n) is 6.66. The van der Waals surface area contributed by atoms with Crippen LogP contribution >= 0.6 is 0 Å². The van der Waals surface area contributed by atoms with Crippen molar-refractivity contribution in [1.82, 2.24) is 0 Å². The molecule has 0 aromatic heterocycles. The highest BCUT2D eigenvalue weighted by Crippen LogP contribution is 2.42. The second-order valence-electron chi connectivity index (χ2n) is 12.8. The topological polar surface area (TPSA) is 24.9 Å². The van der Waals surface area contributed by atoms with Crippen LogP contribution in [-0.4, -0.2) is 26.3 Å². The Kier molecular flexibility index (Phi) is 12.8. The highest BCUT2D eigenvalue weighted by atomic mass is 16.5. The predicted molar refractivity (Wildman–Crippen MR) is 209 cm³/mol. The van der Waals surface area contributed by atoms with Gasteiger partial charge >= 0.3 is 0 Å². The maximum absolute atomic E-state index is 6.42. The summed E-state index contributed by atoms with van der Waals surface area (Å²) >= 11 is 0. The van der Waals surface area contributed by atoms with Crippen molar-refractivity contribution in [1.29, 1.82) is 0 Å². The van der Waals surface area contributed by atoms with Gasteiger partial charge in [-0.05, 0) is 129 Å². The summed E-state index contributed by atoms with van der Waals surface area (Å²) in [5, 5.41) is 0. The third-order valence-corrected chi connectivity index (χ3v) is 9.33. The maximum Gasteiger partial charge on any atom is 0.161 e. The summed E-state index contributed by atoms with van der Waals surface area (Å²) in [5.74, 6) is 1.67. The highest BCUT2D eigenvalue weighted by molar-refractivity contribution is 5.68. The standard InChI is InChI=1S/C45H54N2O2/c1-7-11-29-48-43-28-23-36(33-44(43)49-30-12-8-2)45(41-26-24-39(31-34(41)5)46(9-3)37-19-15-13-16-20-37)42-27-25-40(32-35(42)6)47(10-4)38-21-17-14-18-22-38/h13-28,31-33,45H,7-12,29-30H2,1-6H3. The lowest BCUT2D eigenvalue weighted by molar-refractivity contribution is 0.261. The van der Waals surface area contributed by atoms with Crippen molar-refractivity contribution in [2.75, 3.05) is 36.1 Å². The van der Waals surface area contributed by atoms with Crippen molar-refractivity contribution >= 4 is 22.7 Å². The number of rotatable bonds is 17. The van der Waals surface area contributed by atoms with Crippen LogP contribution in [0.2, 0.25) is 0 Å². The molecule has 0 saturated heterocycles. The van der Waals surface area contributed by atoms with E-state index in [0.29, 0.717) is 13.2 Å². The van der Waals surface area contributed by atoms with E-state index in [1.807, 2.05) is 0 Å². The van der Waals surface area contributed by atoms with Gasteiger partial charge in [-0.25, -0.2) is 0 Å². The fourth-order valence-corrected chi connectivity index (χ4v) is 6.66. The number of ether oxygens (including phenoxy) is 2. The van der Waals surface area contributed by atoms with E-state index in [0.717, 1.165) is 50.3 Å². The van der Waals surface area contributed by atoms with E-state index in [-0.39, 0.29) is 5.92 Å². The molecule has 0 N–H and O–H groups in total. The number of unbranched alkanes of at least 4 members (excludes halogenated alkanes) is 2. The number of nitrogens with zero attached hydrogens (tertiary/aromatic N) is 2. The first-order valence-electron chi connectivity index (χ1n) is 18.2. The van der Waals surface area contributed by atoms with Crippen LogP contribution in [0.1, 0.15) is 87.1 Å². The number of hydrogen-bond acceptors (Lipinski definition) is 4. The summed E-state index contributed by atoms with van der Waals surface area (Å²) in [4.78, 5) is 4.74. The van der Waals surface area contributed by atoms with Gasteiger partial charge in [0.25, 0.3) is 0 Å². The molecule has 256 valence electrons. The molecule has 0 amide bonds. The van der Waals surface area contributed by atoms with Crippen molar-refractivity contribution in [2.45, 2.75) is 73.1 Å². The van der Waals surface area contributed by atoms with E-state index >= 15 is 0 Å². The van der Waals surface area contributed by atoms with E-state index in [1.54, 1.807) is 0 Å². The monoisotopic (exact) mass is 654 g/mol. The first-order chi connectivity index (χ1) is 24.0. The number of anilines is 4. The molecule has 0 radical (unpaired) electrons. The Morgan fingerprint density at radius 1 is 0.490 bits per heavy atom. The zero-order valence-electron chi connectivity index (χ0n) is 30.4. The summed E-state index contributed by atoms with van der Waals surface area (Å²) in [7, 11) is 0. The third kappa shape index (κ3) is 8.67. The minimum Gasteiger partial charge on any atom is -0.490 e. The van der Waals surface area contributed by atoms with Gasteiger partial charge in [0.2, 0.25) is 0 Å². The Morgan fingerprint density at radius 3 is 1.39 bits per heavy atom. The third-order valence-electron chi connectivity index (χ3n) is 9.33. The highest BCUT2D eigenvalue weighted by Gasteiger charge is 2.24. The maximum atomic E-state index is 6.42. The van der Waals surface area contributed by atoms with Crippen molar-refractivity contribution in [3.63, 3.8) is 0 Å². The molecule has 0 saturated carbocycles. The first-order valence-corrected chi connectivity index (χ1v) is 18.2. The van der Waals surface area contributed by atoms with Crippen LogP contribution in [0.15, 0.2) is 115 Å². The molecule has 4 nitrogen and oxygen atoms in total. The van der Waals surface area contributed by atoms with Crippen molar-refractivity contribution in [3.8, 4) is 11.5 Å². The summed E-state index contributed by atoms with van der Waals surface area (Å²) in [6.45, 7) is 16.5. The van der Waals surface area contributed by atoms with E-state index < -0.39 is 0 Å². The minimum atomic E-state index is 0.0138. The van der Waals surface area contributed by atoms with Crippen LogP contribution < -0.4 is 19.3 Å². The zero-order valence-corrected chi connectivity index (χ0v) is 30.4. The van der Waals surface area contributed by atoms with Crippen LogP contribution in [0.3, 0.4) is 0 Å². The molecule has 0 fully saturated rings. The number of aryl methyl sites for hydroxylation is 2. The molecular formula is C45H54N2O2. The van der Waals surface area contributed by atoms with Gasteiger partial charge in [-0.15, -0.1) is 0 Å². The quantitative estimate of drug-likeness (QED) is 0.0736. The Morgan fingerprint density at radius 2 is 0.959 bits per heavy atom. The number of para-hydroxylation sites is 2. The molecule has 49 heavy (non-hydrogen) atoms. The first kappa shape index (κ1) is 35.6. The van der Waals surface area contributed by atoms with Crippen LogP contribution in [0.25, 0.3) is 0 Å². The molecule has 0 atom stereocenters. The molecule has 5 rings (SSSR count). The average Bonchev–Trinajstić information content (AvgIpc) is 3.12. The lowest BCUT2D eigenvalue weighted by atomic mass is 9.81. The Hall–Kier alpha value is -4.70. The van der Waals surface area contributed by atoms with Gasteiger partial charge < -0.3 is 19.3 Å². The van der Waals surface area contributed by atoms with Crippen molar-refractivity contribution in [3.05, 3.63) is 143 Å². The zero-order chi connectivity index (χ0) is 34.6. The van der Waals surface area contributed by atoms with Crippen molar-refractivity contribution in [2.24, 2.45) is 0 Å².